The van der Waals surface area contributed by atoms with Gasteiger partial charge in [0, 0.05) is 5.69 Å². The van der Waals surface area contributed by atoms with Crippen molar-refractivity contribution >= 4 is 46.5 Å². The Morgan fingerprint density at radius 2 is 1.79 bits per heavy atom. The number of imide groups is 1. The summed E-state index contributed by atoms with van der Waals surface area (Å²) >= 11 is 0.754. The summed E-state index contributed by atoms with van der Waals surface area (Å²) in [7, 11) is 1.47. The Labute approximate surface area is 223 Å². The molecule has 38 heavy (non-hydrogen) atoms. The van der Waals surface area contributed by atoms with Crippen molar-refractivity contribution in [1.29, 1.82) is 0 Å². The van der Waals surface area contributed by atoms with Crippen LogP contribution in [-0.2, 0) is 16.2 Å². The second-order valence-electron chi connectivity index (χ2n) is 8.39. The van der Waals surface area contributed by atoms with Gasteiger partial charge in [-0.15, -0.1) is 0 Å². The van der Waals surface area contributed by atoms with Crippen LogP contribution in [0.25, 0.3) is 6.08 Å². The van der Waals surface area contributed by atoms with Crippen LogP contribution in [0.3, 0.4) is 0 Å². The lowest BCUT2D eigenvalue weighted by Gasteiger charge is -2.13. The zero-order valence-corrected chi connectivity index (χ0v) is 21.4. The molecule has 0 saturated carbocycles. The van der Waals surface area contributed by atoms with E-state index in [9.17, 15) is 19.2 Å². The molecule has 9 nitrogen and oxygen atoms in total. The Hall–Kier alpha value is -4.57. The molecule has 1 fully saturated rings. The van der Waals surface area contributed by atoms with Gasteiger partial charge in [0.1, 0.15) is 13.2 Å². The normalized spacial score (nSPS) is 14.1. The third kappa shape index (κ3) is 6.40. The molecule has 0 atom stereocenters. The van der Waals surface area contributed by atoms with Crippen LogP contribution in [-0.4, -0.2) is 46.7 Å². The van der Waals surface area contributed by atoms with Gasteiger partial charge in [-0.3, -0.25) is 19.3 Å². The van der Waals surface area contributed by atoms with E-state index in [-0.39, 0.29) is 17.1 Å². The molecule has 194 valence electrons. The van der Waals surface area contributed by atoms with Gasteiger partial charge < -0.3 is 19.9 Å². The van der Waals surface area contributed by atoms with Gasteiger partial charge in [0.05, 0.1) is 17.6 Å². The van der Waals surface area contributed by atoms with E-state index in [0.717, 1.165) is 22.2 Å². The minimum atomic E-state index is -1.02. The molecule has 2 N–H and O–H groups in total. The van der Waals surface area contributed by atoms with Gasteiger partial charge in [0.25, 0.3) is 11.1 Å². The maximum absolute atomic E-state index is 12.8. The summed E-state index contributed by atoms with van der Waals surface area (Å²) < 4.78 is 11.2. The van der Waals surface area contributed by atoms with Gasteiger partial charge in [-0.05, 0) is 72.3 Å². The number of amides is 3. The number of rotatable bonds is 9. The first-order valence-corrected chi connectivity index (χ1v) is 12.3. The average Bonchev–Trinajstić information content (AvgIpc) is 3.16. The number of carboxylic acid groups (broad SMARTS) is 1. The predicted octanol–water partition coefficient (Wildman–Crippen LogP) is 4.96. The van der Waals surface area contributed by atoms with E-state index < -0.39 is 29.6 Å². The van der Waals surface area contributed by atoms with Crippen LogP contribution < -0.4 is 14.8 Å². The van der Waals surface area contributed by atoms with Gasteiger partial charge in [-0.2, -0.15) is 0 Å². The summed E-state index contributed by atoms with van der Waals surface area (Å²) in [4.78, 5) is 50.0. The molecule has 0 bridgehead atoms. The molecule has 0 aromatic heterocycles. The largest absolute Gasteiger partial charge is 0.493 e. The molecule has 0 radical (unpaired) electrons. The molecule has 10 heteroatoms. The van der Waals surface area contributed by atoms with Crippen molar-refractivity contribution in [2.45, 2.75) is 13.5 Å². The molecule has 1 saturated heterocycles. The summed E-state index contributed by atoms with van der Waals surface area (Å²) in [6, 6.07) is 18.6. The number of ether oxygens (including phenoxy) is 2. The summed E-state index contributed by atoms with van der Waals surface area (Å²) in [5, 5.41) is 11.3. The maximum atomic E-state index is 12.8. The third-order valence-electron chi connectivity index (χ3n) is 5.56. The van der Waals surface area contributed by atoms with Crippen molar-refractivity contribution in [2.75, 3.05) is 19.0 Å². The number of thioether (sulfide) groups is 1. The Bertz CT molecular complexity index is 1430. The number of benzene rings is 3. The van der Waals surface area contributed by atoms with Gasteiger partial charge in [0.15, 0.2) is 11.5 Å². The van der Waals surface area contributed by atoms with Gasteiger partial charge in [-0.25, -0.2) is 4.79 Å². The Morgan fingerprint density at radius 1 is 1.03 bits per heavy atom. The summed E-state index contributed by atoms with van der Waals surface area (Å²) in [6.45, 7) is 1.66. The highest BCUT2D eigenvalue weighted by atomic mass is 32.2. The van der Waals surface area contributed by atoms with Crippen molar-refractivity contribution in [1.82, 2.24) is 4.90 Å². The number of carboxylic acids is 1. The first kappa shape index (κ1) is 26.5. The number of methoxy groups -OCH3 is 1. The van der Waals surface area contributed by atoms with Gasteiger partial charge >= 0.3 is 5.97 Å². The van der Waals surface area contributed by atoms with Crippen molar-refractivity contribution in [3.05, 3.63) is 93.9 Å². The molecule has 0 spiro atoms. The first-order chi connectivity index (χ1) is 18.2. The lowest BCUT2D eigenvalue weighted by Crippen LogP contribution is -2.36. The van der Waals surface area contributed by atoms with Gasteiger partial charge in [0.2, 0.25) is 5.91 Å². The number of hydrogen-bond acceptors (Lipinski definition) is 7. The van der Waals surface area contributed by atoms with Crippen LogP contribution in [0, 0.1) is 6.92 Å². The second-order valence-corrected chi connectivity index (χ2v) is 9.38. The maximum Gasteiger partial charge on any atom is 0.335 e. The fraction of sp³-hybridized carbons (Fsp3) is 0.143. The van der Waals surface area contributed by atoms with Crippen molar-refractivity contribution in [2.24, 2.45) is 0 Å². The fourth-order valence-corrected chi connectivity index (χ4v) is 4.46. The van der Waals surface area contributed by atoms with Crippen LogP contribution in [0.15, 0.2) is 71.6 Å². The summed E-state index contributed by atoms with van der Waals surface area (Å²) in [5.41, 5.74) is 3.05. The number of nitrogens with one attached hydrogen (secondary N) is 1. The molecule has 4 rings (SSSR count). The second kappa shape index (κ2) is 11.7. The zero-order chi connectivity index (χ0) is 27.2. The van der Waals surface area contributed by atoms with Crippen LogP contribution in [0.4, 0.5) is 10.5 Å². The van der Waals surface area contributed by atoms with Crippen molar-refractivity contribution in [3.63, 3.8) is 0 Å². The number of aromatic carboxylic acids is 1. The average molecular weight is 533 g/mol. The number of carbonyl (C=O) groups is 4. The Balaban J connectivity index is 1.42. The monoisotopic (exact) mass is 532 g/mol. The van der Waals surface area contributed by atoms with E-state index in [1.54, 1.807) is 48.5 Å². The van der Waals surface area contributed by atoms with E-state index in [0.29, 0.717) is 28.3 Å². The third-order valence-corrected chi connectivity index (χ3v) is 6.47. The summed E-state index contributed by atoms with van der Waals surface area (Å²) in [5.74, 6) is -1.24. The molecule has 1 aliphatic heterocycles. The molecule has 3 amide bonds. The van der Waals surface area contributed by atoms with Crippen LogP contribution in [0.2, 0.25) is 0 Å². The number of carbonyl (C=O) groups excluding carboxylic acids is 3. The van der Waals surface area contributed by atoms with E-state index in [4.69, 9.17) is 14.6 Å². The molecule has 3 aromatic carbocycles. The first-order valence-electron chi connectivity index (χ1n) is 11.5. The molecule has 1 heterocycles. The standard InChI is InChI=1S/C28H24N2O7S/c1-17-6-9-21(10-7-17)29-25(31)15-30-26(32)24(38-28(30)35)14-18-8-11-22(23(13-18)36-2)37-16-19-4-3-5-20(12-19)27(33)34/h3-14H,15-16H2,1-2H3,(H,29,31)(H,33,34)/b24-14+. The molecular weight excluding hydrogens is 508 g/mol. The number of anilines is 1. The quantitative estimate of drug-likeness (QED) is 0.371. The molecule has 1 aliphatic rings. The number of aryl methyl sites for hydroxylation is 1. The highest BCUT2D eigenvalue weighted by molar-refractivity contribution is 8.18. The smallest absolute Gasteiger partial charge is 0.335 e. The zero-order valence-electron chi connectivity index (χ0n) is 20.6. The molecular formula is C28H24N2O7S. The van der Waals surface area contributed by atoms with E-state index in [1.165, 1.54) is 19.2 Å². The SMILES string of the molecule is COc1cc(/C=C2/SC(=O)N(CC(=O)Nc3ccc(C)cc3)C2=O)ccc1OCc1cccc(C(=O)O)c1. The highest BCUT2D eigenvalue weighted by Gasteiger charge is 2.36. The van der Waals surface area contributed by atoms with Crippen molar-refractivity contribution in [3.8, 4) is 11.5 Å². The fourth-order valence-electron chi connectivity index (χ4n) is 3.62. The summed E-state index contributed by atoms with van der Waals surface area (Å²) in [6.07, 6.45) is 1.55. The highest BCUT2D eigenvalue weighted by Crippen LogP contribution is 2.34. The van der Waals surface area contributed by atoms with E-state index in [2.05, 4.69) is 5.32 Å². The van der Waals surface area contributed by atoms with Crippen LogP contribution >= 0.6 is 11.8 Å². The van der Waals surface area contributed by atoms with Crippen LogP contribution in [0.5, 0.6) is 11.5 Å². The van der Waals surface area contributed by atoms with Gasteiger partial charge in [-0.1, -0.05) is 35.9 Å². The Kier molecular flexibility index (Phi) is 8.12. The minimum absolute atomic E-state index is 0.125. The Morgan fingerprint density at radius 3 is 2.50 bits per heavy atom. The predicted molar refractivity (Wildman–Crippen MR) is 143 cm³/mol. The molecule has 3 aromatic rings. The topological polar surface area (TPSA) is 122 Å². The lowest BCUT2D eigenvalue weighted by atomic mass is 10.1. The van der Waals surface area contributed by atoms with Crippen LogP contribution in [0.1, 0.15) is 27.0 Å². The molecule has 0 unspecified atom stereocenters. The molecule has 0 aliphatic carbocycles. The van der Waals surface area contributed by atoms with E-state index >= 15 is 0 Å². The van der Waals surface area contributed by atoms with Crippen molar-refractivity contribution < 1.29 is 33.8 Å². The van der Waals surface area contributed by atoms with E-state index in [1.807, 2.05) is 19.1 Å². The number of nitrogens with zero attached hydrogens (tertiary/aromatic N) is 1. The number of hydrogen-bond donors (Lipinski definition) is 2. The minimum Gasteiger partial charge on any atom is -0.493 e. The lowest BCUT2D eigenvalue weighted by molar-refractivity contribution is -0.127.